The number of nitrogens with two attached hydrogens (primary N) is 1. The van der Waals surface area contributed by atoms with Crippen LogP contribution in [0, 0.1) is 17.5 Å². The van der Waals surface area contributed by atoms with Crippen molar-refractivity contribution in [3.63, 3.8) is 0 Å². The van der Waals surface area contributed by atoms with Gasteiger partial charge in [-0.15, -0.1) is 11.3 Å². The van der Waals surface area contributed by atoms with E-state index in [1.54, 1.807) is 12.1 Å². The van der Waals surface area contributed by atoms with Gasteiger partial charge in [-0.25, -0.2) is 13.2 Å². The van der Waals surface area contributed by atoms with Crippen molar-refractivity contribution in [2.24, 2.45) is 5.73 Å². The average Bonchev–Trinajstić information content (AvgIpc) is 2.63. The van der Waals surface area contributed by atoms with E-state index in [0.717, 1.165) is 11.3 Å². The topological polar surface area (TPSA) is 26.0 Å². The van der Waals surface area contributed by atoms with Crippen LogP contribution in [-0.2, 0) is 0 Å². The van der Waals surface area contributed by atoms with Crippen molar-refractivity contribution in [1.82, 2.24) is 0 Å². The predicted octanol–water partition coefficient (Wildman–Crippen LogP) is 3.87. The van der Waals surface area contributed by atoms with E-state index in [-0.39, 0.29) is 5.56 Å². The molecule has 90 valence electrons. The maximum absolute atomic E-state index is 13.5. The summed E-state index contributed by atoms with van der Waals surface area (Å²) >= 11 is 6.84. The van der Waals surface area contributed by atoms with E-state index in [1.165, 1.54) is 0 Å². The van der Waals surface area contributed by atoms with Crippen molar-refractivity contribution in [3.8, 4) is 0 Å². The molecule has 1 unspecified atom stereocenters. The van der Waals surface area contributed by atoms with E-state index >= 15 is 0 Å². The minimum atomic E-state index is -1.00. The molecule has 1 nitrogen and oxygen atoms in total. The molecule has 6 heteroatoms. The largest absolute Gasteiger partial charge is 0.319 e. The number of rotatable bonds is 2. The molecule has 0 amide bonds. The molecule has 0 aliphatic heterocycles. The van der Waals surface area contributed by atoms with Crippen LogP contribution in [0.5, 0.6) is 0 Å². The molecule has 0 aliphatic carbocycles. The van der Waals surface area contributed by atoms with Gasteiger partial charge in [0.2, 0.25) is 0 Å². The molecule has 1 aromatic heterocycles. The molecular weight excluding hydrogens is 271 g/mol. The third-order valence-corrected chi connectivity index (χ3v) is 3.57. The highest BCUT2D eigenvalue weighted by Crippen LogP contribution is 2.32. The van der Waals surface area contributed by atoms with E-state index in [0.29, 0.717) is 21.3 Å². The number of hydrogen-bond donors (Lipinski definition) is 1. The van der Waals surface area contributed by atoms with Crippen LogP contribution in [0.2, 0.25) is 4.34 Å². The third kappa shape index (κ3) is 2.46. The zero-order valence-electron chi connectivity index (χ0n) is 8.38. The molecule has 0 spiro atoms. The minimum absolute atomic E-state index is 0.357. The first-order chi connectivity index (χ1) is 7.99. The predicted molar refractivity (Wildman–Crippen MR) is 61.7 cm³/mol. The van der Waals surface area contributed by atoms with Crippen LogP contribution in [0.4, 0.5) is 13.2 Å². The molecule has 1 aromatic carbocycles. The SMILES string of the molecule is NC(c1ccc(Cl)s1)c1c(F)cc(F)cc1F. The fourth-order valence-corrected chi connectivity index (χ4v) is 2.56. The van der Waals surface area contributed by atoms with Crippen molar-refractivity contribution in [1.29, 1.82) is 0 Å². The van der Waals surface area contributed by atoms with Gasteiger partial charge in [-0.2, -0.15) is 0 Å². The second-order valence-corrected chi connectivity index (χ2v) is 5.15. The van der Waals surface area contributed by atoms with Crippen LogP contribution in [-0.4, -0.2) is 0 Å². The molecule has 0 saturated heterocycles. The van der Waals surface area contributed by atoms with Crippen molar-refractivity contribution < 1.29 is 13.2 Å². The first kappa shape index (κ1) is 12.4. The lowest BCUT2D eigenvalue weighted by molar-refractivity contribution is 0.516. The second kappa shape index (κ2) is 4.68. The fourth-order valence-electron chi connectivity index (χ4n) is 1.49. The number of thiophene rings is 1. The number of benzene rings is 1. The van der Waals surface area contributed by atoms with E-state index in [4.69, 9.17) is 17.3 Å². The normalized spacial score (nSPS) is 12.8. The molecule has 0 aliphatic rings. The lowest BCUT2D eigenvalue weighted by Gasteiger charge is -2.12. The minimum Gasteiger partial charge on any atom is -0.319 e. The third-order valence-electron chi connectivity index (χ3n) is 2.26. The monoisotopic (exact) mass is 277 g/mol. The molecular formula is C11H7ClF3NS. The summed E-state index contributed by atoms with van der Waals surface area (Å²) in [5, 5.41) is 0. The van der Waals surface area contributed by atoms with Crippen LogP contribution in [0.3, 0.4) is 0 Å². The van der Waals surface area contributed by atoms with Crippen molar-refractivity contribution >= 4 is 22.9 Å². The maximum Gasteiger partial charge on any atom is 0.134 e. The standard InChI is InChI=1S/C11H7ClF3NS/c12-9-2-1-8(17-9)11(16)10-6(14)3-5(13)4-7(10)15/h1-4,11H,16H2. The molecule has 0 radical (unpaired) electrons. The van der Waals surface area contributed by atoms with E-state index in [1.807, 2.05) is 0 Å². The Labute approximate surface area is 105 Å². The fraction of sp³-hybridized carbons (Fsp3) is 0.0909. The Balaban J connectivity index is 2.47. The average molecular weight is 278 g/mol. The highest BCUT2D eigenvalue weighted by molar-refractivity contribution is 7.16. The summed E-state index contributed by atoms with van der Waals surface area (Å²) in [6, 6.07) is 3.38. The lowest BCUT2D eigenvalue weighted by atomic mass is 10.0. The molecule has 0 bridgehead atoms. The Kier molecular flexibility index (Phi) is 3.42. The van der Waals surface area contributed by atoms with Gasteiger partial charge in [0.1, 0.15) is 17.5 Å². The van der Waals surface area contributed by atoms with Crippen LogP contribution in [0.15, 0.2) is 24.3 Å². The van der Waals surface area contributed by atoms with Gasteiger partial charge in [-0.3, -0.25) is 0 Å². The van der Waals surface area contributed by atoms with Gasteiger partial charge >= 0.3 is 0 Å². The van der Waals surface area contributed by atoms with Gasteiger partial charge in [-0.05, 0) is 12.1 Å². The summed E-state index contributed by atoms with van der Waals surface area (Å²) in [5.74, 6) is -2.97. The summed E-state index contributed by atoms with van der Waals surface area (Å²) in [6.45, 7) is 0. The summed E-state index contributed by atoms with van der Waals surface area (Å²) < 4.78 is 40.1. The first-order valence-corrected chi connectivity index (χ1v) is 5.83. The zero-order valence-corrected chi connectivity index (χ0v) is 9.96. The molecule has 1 heterocycles. The van der Waals surface area contributed by atoms with Crippen LogP contribution < -0.4 is 5.73 Å². The smallest absolute Gasteiger partial charge is 0.134 e. The molecule has 1 atom stereocenters. The quantitative estimate of drug-likeness (QED) is 0.886. The summed E-state index contributed by atoms with van der Waals surface area (Å²) in [6.07, 6.45) is 0. The summed E-state index contributed by atoms with van der Waals surface area (Å²) in [7, 11) is 0. The Morgan fingerprint density at radius 3 is 2.18 bits per heavy atom. The Bertz CT molecular complexity index is 532. The molecule has 17 heavy (non-hydrogen) atoms. The van der Waals surface area contributed by atoms with Gasteiger partial charge in [0.25, 0.3) is 0 Å². The number of halogens is 4. The lowest BCUT2D eigenvalue weighted by Crippen LogP contribution is -2.14. The number of hydrogen-bond acceptors (Lipinski definition) is 2. The Morgan fingerprint density at radius 2 is 1.71 bits per heavy atom. The highest BCUT2D eigenvalue weighted by atomic mass is 35.5. The molecule has 0 saturated carbocycles. The first-order valence-electron chi connectivity index (χ1n) is 4.64. The van der Waals surface area contributed by atoms with Crippen molar-refractivity contribution in [3.05, 3.63) is 56.5 Å². The van der Waals surface area contributed by atoms with Crippen LogP contribution >= 0.6 is 22.9 Å². The van der Waals surface area contributed by atoms with Gasteiger partial charge in [0.15, 0.2) is 0 Å². The van der Waals surface area contributed by atoms with Gasteiger partial charge in [0, 0.05) is 22.6 Å². The van der Waals surface area contributed by atoms with Crippen molar-refractivity contribution in [2.75, 3.05) is 0 Å². The van der Waals surface area contributed by atoms with E-state index < -0.39 is 23.5 Å². The highest BCUT2D eigenvalue weighted by Gasteiger charge is 2.21. The summed E-state index contributed by atoms with van der Waals surface area (Å²) in [5.41, 5.74) is 5.37. The Hall–Kier alpha value is -1.04. The Morgan fingerprint density at radius 1 is 1.12 bits per heavy atom. The van der Waals surface area contributed by atoms with Gasteiger partial charge in [-0.1, -0.05) is 11.6 Å². The van der Waals surface area contributed by atoms with E-state index in [9.17, 15) is 13.2 Å². The van der Waals surface area contributed by atoms with Gasteiger partial charge in [0.05, 0.1) is 10.4 Å². The zero-order chi connectivity index (χ0) is 12.6. The maximum atomic E-state index is 13.5. The summed E-state index contributed by atoms with van der Waals surface area (Å²) in [4.78, 5) is 0.513. The van der Waals surface area contributed by atoms with Crippen LogP contribution in [0.25, 0.3) is 0 Å². The molecule has 2 N–H and O–H groups in total. The molecule has 2 aromatic rings. The van der Waals surface area contributed by atoms with Crippen LogP contribution in [0.1, 0.15) is 16.5 Å². The second-order valence-electron chi connectivity index (χ2n) is 3.40. The van der Waals surface area contributed by atoms with E-state index in [2.05, 4.69) is 0 Å². The van der Waals surface area contributed by atoms with Gasteiger partial charge < -0.3 is 5.73 Å². The molecule has 2 rings (SSSR count). The molecule has 0 fully saturated rings. The van der Waals surface area contributed by atoms with Crippen molar-refractivity contribution in [2.45, 2.75) is 6.04 Å².